The Morgan fingerprint density at radius 1 is 1.28 bits per heavy atom. The number of halogens is 1. The highest BCUT2D eigenvalue weighted by atomic mass is 32.3. The van der Waals surface area contributed by atoms with E-state index in [1.165, 1.54) is 12.1 Å². The molecule has 1 N–H and O–H groups in total. The second-order valence-corrected chi connectivity index (χ2v) is 13.3. The van der Waals surface area contributed by atoms with Gasteiger partial charge in [-0.3, -0.25) is 4.68 Å². The first kappa shape index (κ1) is 24.0. The Bertz CT molecular complexity index is 1120. The van der Waals surface area contributed by atoms with E-state index in [1.54, 1.807) is 41.7 Å². The van der Waals surface area contributed by atoms with Crippen LogP contribution in [0.3, 0.4) is 0 Å². The Kier molecular flexibility index (Phi) is 7.39. The highest BCUT2D eigenvalue weighted by Crippen LogP contribution is 2.34. The van der Waals surface area contributed by atoms with Crippen LogP contribution in [0.25, 0.3) is 11.3 Å². The molecule has 2 aromatic heterocycles. The van der Waals surface area contributed by atoms with Crippen molar-refractivity contribution in [2.75, 3.05) is 31.1 Å². The number of ether oxygens (including phenoxy) is 1. The number of hydrogen-bond donors (Lipinski definition) is 1. The first-order valence-electron chi connectivity index (χ1n) is 10.3. The maximum atomic E-state index is 13.8. The monoisotopic (exact) mass is 459 g/mol. The van der Waals surface area contributed by atoms with Crippen LogP contribution >= 0.6 is 10.0 Å². The lowest BCUT2D eigenvalue weighted by Gasteiger charge is -2.24. The molecule has 2 heterocycles. The molecule has 7 nitrogen and oxygen atoms in total. The number of aliphatic hydroxyl groups is 1. The quantitative estimate of drug-likeness (QED) is 0.494. The third kappa shape index (κ3) is 5.76. The van der Waals surface area contributed by atoms with Gasteiger partial charge in [-0.1, -0.05) is 0 Å². The lowest BCUT2D eigenvalue weighted by atomic mass is 9.96. The van der Waals surface area contributed by atoms with Gasteiger partial charge < -0.3 is 9.84 Å². The molecule has 0 amide bonds. The molecule has 3 rings (SSSR count). The summed E-state index contributed by atoms with van der Waals surface area (Å²) in [7, 11) is 1.16. The number of aliphatic hydroxyl groups excluding tert-OH is 1. The minimum absolute atomic E-state index is 0.225. The van der Waals surface area contributed by atoms with Crippen molar-refractivity contribution in [3.63, 3.8) is 0 Å². The molecule has 0 bridgehead atoms. The van der Waals surface area contributed by atoms with Gasteiger partial charge in [0.15, 0.2) is 0 Å². The van der Waals surface area contributed by atoms with E-state index in [-0.39, 0.29) is 6.73 Å². The summed E-state index contributed by atoms with van der Waals surface area (Å²) in [4.78, 5) is 0. The fraction of sp³-hybridized carbons (Fsp3) is 0.435. The molecular weight excluding hydrogens is 429 g/mol. The van der Waals surface area contributed by atoms with E-state index < -0.39 is 21.9 Å². The molecule has 0 aliphatic rings. The minimum atomic E-state index is -0.833. The molecule has 0 aliphatic carbocycles. The van der Waals surface area contributed by atoms with Gasteiger partial charge in [0.2, 0.25) is 0 Å². The van der Waals surface area contributed by atoms with Crippen LogP contribution in [0.2, 0.25) is 0 Å². The number of aromatic nitrogens is 4. The van der Waals surface area contributed by atoms with Crippen molar-refractivity contribution in [1.29, 1.82) is 5.26 Å². The maximum Gasteiger partial charge on any atom is 0.141 e. The molecule has 0 saturated heterocycles. The van der Waals surface area contributed by atoms with Crippen molar-refractivity contribution in [3.8, 4) is 17.3 Å². The Labute approximate surface area is 189 Å². The second kappa shape index (κ2) is 9.86. The van der Waals surface area contributed by atoms with Gasteiger partial charge in [-0.25, -0.2) is 19.1 Å². The van der Waals surface area contributed by atoms with E-state index in [2.05, 4.69) is 35.0 Å². The Morgan fingerprint density at radius 2 is 2.03 bits per heavy atom. The summed E-state index contributed by atoms with van der Waals surface area (Å²) in [5, 5.41) is 28.6. The van der Waals surface area contributed by atoms with Crippen molar-refractivity contribution in [2.24, 2.45) is 7.05 Å². The Morgan fingerprint density at radius 3 is 2.69 bits per heavy atom. The molecule has 32 heavy (non-hydrogen) atoms. The summed E-state index contributed by atoms with van der Waals surface area (Å²) in [5.74, 6) is 0.588. The Hall–Kier alpha value is -2.67. The Balaban J connectivity index is 1.84. The van der Waals surface area contributed by atoms with E-state index in [0.717, 1.165) is 17.0 Å². The van der Waals surface area contributed by atoms with Gasteiger partial charge in [0, 0.05) is 30.3 Å². The van der Waals surface area contributed by atoms with Gasteiger partial charge in [0.25, 0.3) is 0 Å². The molecule has 0 radical (unpaired) electrons. The first-order chi connectivity index (χ1) is 15.1. The summed E-state index contributed by atoms with van der Waals surface area (Å²) in [6.07, 6.45) is 8.04. The highest BCUT2D eigenvalue weighted by Gasteiger charge is 2.19. The number of nitriles is 1. The summed E-state index contributed by atoms with van der Waals surface area (Å²) in [6.45, 7) is 2.46. The van der Waals surface area contributed by atoms with Gasteiger partial charge >= 0.3 is 0 Å². The molecule has 1 unspecified atom stereocenters. The van der Waals surface area contributed by atoms with E-state index >= 15 is 0 Å². The number of aryl methyl sites for hydroxylation is 1. The molecule has 0 saturated carbocycles. The number of benzene rings is 1. The van der Waals surface area contributed by atoms with E-state index in [9.17, 15) is 14.8 Å². The lowest BCUT2D eigenvalue weighted by molar-refractivity contribution is 0.0800. The summed E-state index contributed by atoms with van der Waals surface area (Å²) in [5.41, 5.74) is 3.99. The fourth-order valence-electron chi connectivity index (χ4n) is 3.45. The topological polar surface area (TPSA) is 88.9 Å². The molecule has 1 aromatic carbocycles. The molecule has 0 fully saturated rings. The molecule has 0 aliphatic heterocycles. The van der Waals surface area contributed by atoms with Gasteiger partial charge in [-0.15, -0.1) is 0 Å². The highest BCUT2D eigenvalue weighted by molar-refractivity contribution is 8.32. The molecule has 9 heteroatoms. The van der Waals surface area contributed by atoms with Crippen LogP contribution in [0.5, 0.6) is 0 Å². The molecule has 0 spiro atoms. The van der Waals surface area contributed by atoms with Crippen molar-refractivity contribution >= 4 is 10.0 Å². The zero-order valence-corrected chi connectivity index (χ0v) is 20.0. The molecular formula is C23H30FN5O2S. The first-order valence-corrected chi connectivity index (χ1v) is 13.3. The fourth-order valence-corrected chi connectivity index (χ4v) is 4.07. The standard InChI is InChI=1S/C23H30FN5O2S/c1-16(30)22-11-18(24)6-7-21(22)23-17(14-26-28(23)2)10-19-12-20(13-25)29(27-19)15-31-8-9-32(3,4)5/h6-7,11-12,14,16,30H,8-10,15H2,1-5H3. The van der Waals surface area contributed by atoms with Crippen molar-refractivity contribution in [1.82, 2.24) is 19.6 Å². The average Bonchev–Trinajstić information content (AvgIpc) is 3.27. The number of hydrogen-bond acceptors (Lipinski definition) is 5. The predicted octanol–water partition coefficient (Wildman–Crippen LogP) is 3.61. The van der Waals surface area contributed by atoms with Crippen LogP contribution in [0.15, 0.2) is 30.5 Å². The van der Waals surface area contributed by atoms with E-state index in [1.807, 2.05) is 0 Å². The van der Waals surface area contributed by atoms with Crippen LogP contribution in [0.1, 0.15) is 35.5 Å². The smallest absolute Gasteiger partial charge is 0.141 e. The van der Waals surface area contributed by atoms with Crippen molar-refractivity contribution in [3.05, 3.63) is 58.8 Å². The maximum absolute atomic E-state index is 13.8. The number of rotatable bonds is 9. The van der Waals surface area contributed by atoms with Crippen LogP contribution < -0.4 is 0 Å². The number of nitrogens with zero attached hydrogens (tertiary/aromatic N) is 5. The van der Waals surface area contributed by atoms with Gasteiger partial charge in [0.1, 0.15) is 24.3 Å². The van der Waals surface area contributed by atoms with Gasteiger partial charge in [-0.2, -0.15) is 15.5 Å². The van der Waals surface area contributed by atoms with Gasteiger partial charge in [0.05, 0.1) is 30.3 Å². The normalized spacial score (nSPS) is 13.2. The average molecular weight is 460 g/mol. The molecule has 1 atom stereocenters. The third-order valence-corrected chi connectivity index (χ3v) is 6.50. The van der Waals surface area contributed by atoms with Gasteiger partial charge in [-0.05, 0) is 55.5 Å². The third-order valence-electron chi connectivity index (χ3n) is 5.10. The van der Waals surface area contributed by atoms with Crippen molar-refractivity contribution in [2.45, 2.75) is 26.2 Å². The summed E-state index contributed by atoms with van der Waals surface area (Å²) >= 11 is 0. The largest absolute Gasteiger partial charge is 0.389 e. The zero-order chi connectivity index (χ0) is 23.5. The second-order valence-electron chi connectivity index (χ2n) is 8.69. The van der Waals surface area contributed by atoms with Crippen molar-refractivity contribution < 1.29 is 14.2 Å². The molecule has 172 valence electrons. The predicted molar refractivity (Wildman–Crippen MR) is 125 cm³/mol. The van der Waals surface area contributed by atoms with Crippen LogP contribution in [0.4, 0.5) is 4.39 Å². The van der Waals surface area contributed by atoms with Crippen LogP contribution in [0, 0.1) is 17.1 Å². The zero-order valence-electron chi connectivity index (χ0n) is 19.2. The minimum Gasteiger partial charge on any atom is -0.389 e. The van der Waals surface area contributed by atoms with E-state index in [4.69, 9.17) is 4.74 Å². The van der Waals surface area contributed by atoms with Crippen LogP contribution in [-0.4, -0.2) is 55.8 Å². The SMILES string of the molecule is CC(O)c1cc(F)ccc1-c1c(Cc2cc(C#N)n(COCCS(C)(C)C)n2)cnn1C. The molecule has 3 aromatic rings. The van der Waals surface area contributed by atoms with Crippen LogP contribution in [-0.2, 0) is 24.9 Å². The van der Waals surface area contributed by atoms with E-state index in [0.29, 0.717) is 35.5 Å². The summed E-state index contributed by atoms with van der Waals surface area (Å²) in [6, 6.07) is 8.29. The lowest BCUT2D eigenvalue weighted by Crippen LogP contribution is -2.12. The summed E-state index contributed by atoms with van der Waals surface area (Å²) < 4.78 is 22.8.